The smallest absolute Gasteiger partial charge is 0.308 e. The topological polar surface area (TPSA) is 59.0 Å². The van der Waals surface area contributed by atoms with Gasteiger partial charge in [-0.3, -0.25) is 5.32 Å². The van der Waals surface area contributed by atoms with E-state index in [9.17, 15) is 4.79 Å². The number of anilines is 2. The van der Waals surface area contributed by atoms with Crippen molar-refractivity contribution in [2.45, 2.75) is 32.1 Å². The summed E-state index contributed by atoms with van der Waals surface area (Å²) in [5.41, 5.74) is 3.85. The lowest BCUT2D eigenvalue weighted by Crippen LogP contribution is -2.21. The molecule has 3 aromatic rings. The number of carbonyl (C=O) groups excluding carboxylic acids is 1. The summed E-state index contributed by atoms with van der Waals surface area (Å²) in [6.07, 6.45) is 3.58. The molecule has 5 heteroatoms. The first-order chi connectivity index (χ1) is 12.7. The van der Waals surface area contributed by atoms with Gasteiger partial charge in [0.25, 0.3) is 0 Å². The maximum atomic E-state index is 12.5. The summed E-state index contributed by atoms with van der Waals surface area (Å²) in [7, 11) is 0. The Kier molecular flexibility index (Phi) is 4.44. The molecule has 0 bridgehead atoms. The van der Waals surface area contributed by atoms with Crippen LogP contribution in [0.3, 0.4) is 0 Å². The van der Waals surface area contributed by atoms with E-state index in [-0.39, 0.29) is 6.03 Å². The van der Waals surface area contributed by atoms with E-state index < -0.39 is 0 Å². The number of nitrogens with zero attached hydrogens (tertiary/aromatic N) is 2. The lowest BCUT2D eigenvalue weighted by molar-refractivity contribution is 0.262. The molecule has 0 saturated heterocycles. The number of para-hydroxylation sites is 1. The average Bonchev–Trinajstić information content (AvgIpc) is 2.97. The first kappa shape index (κ1) is 16.4. The van der Waals surface area contributed by atoms with Crippen LogP contribution in [-0.2, 0) is 0 Å². The van der Waals surface area contributed by atoms with Gasteiger partial charge in [0.2, 0.25) is 0 Å². The third-order valence-electron chi connectivity index (χ3n) is 4.77. The number of aryl methyl sites for hydroxylation is 1. The Bertz CT molecular complexity index is 913. The molecule has 0 radical (unpaired) electrons. The predicted octanol–water partition coefficient (Wildman–Crippen LogP) is 5.09. The van der Waals surface area contributed by atoms with Gasteiger partial charge in [-0.05, 0) is 49.6 Å². The van der Waals surface area contributed by atoms with Gasteiger partial charge in [0.1, 0.15) is 5.82 Å². The van der Waals surface area contributed by atoms with Crippen molar-refractivity contribution in [2.24, 2.45) is 0 Å². The molecular weight excluding hydrogens is 324 g/mol. The second kappa shape index (κ2) is 7.04. The molecule has 1 heterocycles. The fourth-order valence-corrected chi connectivity index (χ4v) is 3.16. The van der Waals surface area contributed by atoms with Gasteiger partial charge in [-0.15, -0.1) is 0 Å². The van der Waals surface area contributed by atoms with Gasteiger partial charge in [0.05, 0.1) is 11.4 Å². The summed E-state index contributed by atoms with van der Waals surface area (Å²) < 4.78 is 1.81. The fourth-order valence-electron chi connectivity index (χ4n) is 3.16. The Labute approximate surface area is 153 Å². The fraction of sp³-hybridized carbons (Fsp3) is 0.238. The largest absolute Gasteiger partial charge is 0.324 e. The van der Waals surface area contributed by atoms with Crippen LogP contribution in [-0.4, -0.2) is 15.8 Å². The highest BCUT2D eigenvalue weighted by molar-refractivity contribution is 5.99. The van der Waals surface area contributed by atoms with Crippen LogP contribution in [0.5, 0.6) is 0 Å². The number of aromatic nitrogens is 2. The highest BCUT2D eigenvalue weighted by Crippen LogP contribution is 2.37. The molecule has 1 fully saturated rings. The van der Waals surface area contributed by atoms with Crippen molar-refractivity contribution in [1.82, 2.24) is 9.78 Å². The number of benzene rings is 2. The zero-order valence-corrected chi connectivity index (χ0v) is 14.8. The minimum Gasteiger partial charge on any atom is -0.308 e. The maximum absolute atomic E-state index is 12.5. The number of hydrogen-bond donors (Lipinski definition) is 2. The molecule has 0 unspecified atom stereocenters. The Balaban J connectivity index is 1.58. The van der Waals surface area contributed by atoms with E-state index in [2.05, 4.69) is 10.6 Å². The van der Waals surface area contributed by atoms with Crippen molar-refractivity contribution in [2.75, 3.05) is 10.6 Å². The van der Waals surface area contributed by atoms with Crippen LogP contribution >= 0.6 is 0 Å². The molecule has 5 nitrogen and oxygen atoms in total. The number of hydrogen-bond acceptors (Lipinski definition) is 2. The van der Waals surface area contributed by atoms with E-state index >= 15 is 0 Å². The quantitative estimate of drug-likeness (QED) is 0.691. The summed E-state index contributed by atoms with van der Waals surface area (Å²) in [4.78, 5) is 12.5. The van der Waals surface area contributed by atoms with Gasteiger partial charge in [0, 0.05) is 17.7 Å². The van der Waals surface area contributed by atoms with Crippen LogP contribution in [0.15, 0.2) is 60.7 Å². The van der Waals surface area contributed by atoms with E-state index in [4.69, 9.17) is 5.10 Å². The zero-order chi connectivity index (χ0) is 17.9. The van der Waals surface area contributed by atoms with Gasteiger partial charge in [-0.1, -0.05) is 36.8 Å². The van der Waals surface area contributed by atoms with Crippen molar-refractivity contribution < 1.29 is 4.79 Å². The predicted molar refractivity (Wildman–Crippen MR) is 104 cm³/mol. The second-order valence-corrected chi connectivity index (χ2v) is 6.78. The molecule has 0 aliphatic heterocycles. The average molecular weight is 346 g/mol. The van der Waals surface area contributed by atoms with Gasteiger partial charge in [-0.25, -0.2) is 9.48 Å². The first-order valence-corrected chi connectivity index (χ1v) is 8.99. The van der Waals surface area contributed by atoms with Gasteiger partial charge < -0.3 is 5.32 Å². The van der Waals surface area contributed by atoms with Crippen molar-refractivity contribution in [3.05, 3.63) is 71.9 Å². The van der Waals surface area contributed by atoms with E-state index in [0.29, 0.717) is 11.7 Å². The molecule has 4 rings (SSSR count). The molecule has 2 N–H and O–H groups in total. The van der Waals surface area contributed by atoms with E-state index in [0.717, 1.165) is 22.6 Å². The SMILES string of the molecule is Cc1cccc(NC(=O)Nc2cc(C3CCC3)nn2-c2ccccc2)c1. The maximum Gasteiger partial charge on any atom is 0.324 e. The number of nitrogens with one attached hydrogen (secondary N) is 2. The highest BCUT2D eigenvalue weighted by Gasteiger charge is 2.24. The van der Waals surface area contributed by atoms with Gasteiger partial charge >= 0.3 is 6.03 Å². The molecule has 132 valence electrons. The molecule has 1 aliphatic carbocycles. The van der Waals surface area contributed by atoms with Crippen molar-refractivity contribution in [3.63, 3.8) is 0 Å². The lowest BCUT2D eigenvalue weighted by Gasteiger charge is -2.22. The lowest BCUT2D eigenvalue weighted by atomic mass is 9.83. The van der Waals surface area contributed by atoms with Crippen molar-refractivity contribution in [3.8, 4) is 5.69 Å². The number of urea groups is 1. The summed E-state index contributed by atoms with van der Waals surface area (Å²) in [6, 6.07) is 19.3. The number of amides is 2. The molecule has 2 aromatic carbocycles. The molecule has 1 saturated carbocycles. The van der Waals surface area contributed by atoms with E-state index in [1.54, 1.807) is 0 Å². The standard InChI is InChI=1S/C21H22N4O/c1-15-7-5-10-17(13-15)22-21(26)23-20-14-19(16-8-6-9-16)24-25(20)18-11-3-2-4-12-18/h2-5,7,10-14,16H,6,8-9H2,1H3,(H2,22,23,26). The molecule has 0 atom stereocenters. The van der Waals surface area contributed by atoms with Crippen molar-refractivity contribution in [1.29, 1.82) is 0 Å². The molecular formula is C21H22N4O. The summed E-state index contributed by atoms with van der Waals surface area (Å²) in [5.74, 6) is 1.18. The normalized spacial score (nSPS) is 13.9. The Morgan fingerprint density at radius 2 is 1.85 bits per heavy atom. The zero-order valence-electron chi connectivity index (χ0n) is 14.8. The van der Waals surface area contributed by atoms with Crippen molar-refractivity contribution >= 4 is 17.5 Å². The Hall–Kier alpha value is -3.08. The minimum absolute atomic E-state index is 0.271. The van der Waals surface area contributed by atoms with Crippen LogP contribution in [0, 0.1) is 6.92 Å². The molecule has 2 amide bonds. The number of rotatable bonds is 4. The third-order valence-corrected chi connectivity index (χ3v) is 4.77. The van der Waals surface area contributed by atoms with Crippen LogP contribution < -0.4 is 10.6 Å². The molecule has 0 spiro atoms. The molecule has 26 heavy (non-hydrogen) atoms. The third kappa shape index (κ3) is 3.47. The second-order valence-electron chi connectivity index (χ2n) is 6.78. The minimum atomic E-state index is -0.271. The van der Waals surface area contributed by atoms with Crippen LogP contribution in [0.4, 0.5) is 16.3 Å². The van der Waals surface area contributed by atoms with Crippen LogP contribution in [0.1, 0.15) is 36.4 Å². The Morgan fingerprint density at radius 3 is 2.54 bits per heavy atom. The van der Waals surface area contributed by atoms with Crippen LogP contribution in [0.2, 0.25) is 0 Å². The summed E-state index contributed by atoms with van der Waals surface area (Å²) in [5, 5.41) is 10.6. The highest BCUT2D eigenvalue weighted by atomic mass is 16.2. The molecule has 1 aromatic heterocycles. The van der Waals surface area contributed by atoms with Gasteiger partial charge in [-0.2, -0.15) is 5.10 Å². The van der Waals surface area contributed by atoms with Crippen LogP contribution in [0.25, 0.3) is 5.69 Å². The van der Waals surface area contributed by atoms with E-state index in [1.165, 1.54) is 19.3 Å². The summed E-state index contributed by atoms with van der Waals surface area (Å²) in [6.45, 7) is 2.00. The van der Waals surface area contributed by atoms with Gasteiger partial charge in [0.15, 0.2) is 0 Å². The molecule has 1 aliphatic rings. The summed E-state index contributed by atoms with van der Waals surface area (Å²) >= 11 is 0. The number of carbonyl (C=O) groups is 1. The van der Waals surface area contributed by atoms with E-state index in [1.807, 2.05) is 72.3 Å². The monoisotopic (exact) mass is 346 g/mol. The first-order valence-electron chi connectivity index (χ1n) is 8.99. The Morgan fingerprint density at radius 1 is 1.04 bits per heavy atom.